The Balaban J connectivity index is 2.12. The van der Waals surface area contributed by atoms with E-state index < -0.39 is 10.0 Å². The molecule has 0 aromatic heterocycles. The van der Waals surface area contributed by atoms with Crippen molar-refractivity contribution in [2.24, 2.45) is 0 Å². The highest BCUT2D eigenvalue weighted by Gasteiger charge is 2.26. The van der Waals surface area contributed by atoms with Crippen molar-refractivity contribution in [2.45, 2.75) is 11.8 Å². The Kier molecular flexibility index (Phi) is 5.87. The van der Waals surface area contributed by atoms with Crippen LogP contribution < -0.4 is 9.04 Å². The van der Waals surface area contributed by atoms with Crippen LogP contribution in [0.3, 0.4) is 0 Å². The van der Waals surface area contributed by atoms with Gasteiger partial charge in [-0.05, 0) is 52.7 Å². The normalized spacial score (nSPS) is 11.2. The molecule has 0 heterocycles. The van der Waals surface area contributed by atoms with Crippen LogP contribution in [0.15, 0.2) is 82.2 Å². The Morgan fingerprint density at radius 2 is 1.63 bits per heavy atom. The predicted octanol–water partition coefficient (Wildman–Crippen LogP) is 5.34. The van der Waals surface area contributed by atoms with Crippen molar-refractivity contribution in [3.8, 4) is 16.9 Å². The predicted molar refractivity (Wildman–Crippen MR) is 113 cm³/mol. The fraction of sp³-hybridized carbons (Fsp3) is 0.143. The minimum atomic E-state index is -3.73. The maximum Gasteiger partial charge on any atom is 0.264 e. The Labute approximate surface area is 168 Å². The summed E-state index contributed by atoms with van der Waals surface area (Å²) in [5.74, 6) is 0.585. The fourth-order valence-corrected chi connectivity index (χ4v) is 5.17. The molecule has 0 amide bonds. The van der Waals surface area contributed by atoms with Crippen molar-refractivity contribution in [3.05, 3.63) is 77.3 Å². The molecule has 0 bridgehead atoms. The molecule has 0 N–H and O–H groups in total. The molecule has 0 unspecified atom stereocenters. The molecule has 0 aliphatic rings. The van der Waals surface area contributed by atoms with E-state index >= 15 is 0 Å². The first kappa shape index (κ1) is 19.5. The van der Waals surface area contributed by atoms with Crippen molar-refractivity contribution < 1.29 is 13.2 Å². The lowest BCUT2D eigenvalue weighted by molar-refractivity contribution is 0.411. The van der Waals surface area contributed by atoms with Crippen LogP contribution in [0.1, 0.15) is 6.92 Å². The van der Waals surface area contributed by atoms with Crippen LogP contribution >= 0.6 is 15.9 Å². The van der Waals surface area contributed by atoms with Gasteiger partial charge in [0.15, 0.2) is 0 Å². The number of hydrogen-bond donors (Lipinski definition) is 0. The Hall–Kier alpha value is -2.31. The Morgan fingerprint density at radius 1 is 0.963 bits per heavy atom. The summed E-state index contributed by atoms with van der Waals surface area (Å²) in [5, 5.41) is 0. The second-order valence-electron chi connectivity index (χ2n) is 5.85. The maximum atomic E-state index is 13.4. The fourth-order valence-electron chi connectivity index (χ4n) is 2.96. The lowest BCUT2D eigenvalue weighted by Crippen LogP contribution is -2.31. The van der Waals surface area contributed by atoms with Crippen LogP contribution in [-0.2, 0) is 10.0 Å². The lowest BCUT2D eigenvalue weighted by Gasteiger charge is -2.25. The molecule has 0 aliphatic heterocycles. The van der Waals surface area contributed by atoms with E-state index in [0.29, 0.717) is 22.5 Å². The third-order valence-corrected chi connectivity index (χ3v) is 6.76. The van der Waals surface area contributed by atoms with Gasteiger partial charge in [0.05, 0.1) is 22.2 Å². The van der Waals surface area contributed by atoms with Gasteiger partial charge >= 0.3 is 0 Å². The number of halogens is 1. The summed E-state index contributed by atoms with van der Waals surface area (Å²) >= 11 is 3.37. The van der Waals surface area contributed by atoms with Gasteiger partial charge in [0.2, 0.25) is 0 Å². The first-order valence-corrected chi connectivity index (χ1v) is 10.7. The maximum absolute atomic E-state index is 13.4. The number of sulfonamides is 1. The highest BCUT2D eigenvalue weighted by Crippen LogP contribution is 2.35. The van der Waals surface area contributed by atoms with Crippen LogP contribution in [0.5, 0.6) is 5.75 Å². The molecule has 0 fully saturated rings. The zero-order valence-corrected chi connectivity index (χ0v) is 17.5. The smallest absolute Gasteiger partial charge is 0.264 e. The number of hydrogen-bond acceptors (Lipinski definition) is 3. The summed E-state index contributed by atoms with van der Waals surface area (Å²) in [7, 11) is -2.19. The summed E-state index contributed by atoms with van der Waals surface area (Å²) in [6.07, 6.45) is 0. The molecule has 140 valence electrons. The molecule has 0 spiro atoms. The molecule has 0 atom stereocenters. The van der Waals surface area contributed by atoms with Gasteiger partial charge in [0.25, 0.3) is 10.0 Å². The van der Waals surface area contributed by atoms with Gasteiger partial charge in [-0.25, -0.2) is 8.42 Å². The van der Waals surface area contributed by atoms with E-state index in [1.54, 1.807) is 25.3 Å². The Bertz CT molecular complexity index is 1040. The number of anilines is 1. The Morgan fingerprint density at radius 3 is 2.26 bits per heavy atom. The summed E-state index contributed by atoms with van der Waals surface area (Å²) in [6, 6.07) is 22.1. The topological polar surface area (TPSA) is 46.6 Å². The van der Waals surface area contributed by atoms with E-state index in [2.05, 4.69) is 15.9 Å². The van der Waals surface area contributed by atoms with Crippen LogP contribution in [0.25, 0.3) is 11.1 Å². The number of rotatable bonds is 6. The third-order valence-electron chi connectivity index (χ3n) is 4.26. The number of methoxy groups -OCH3 is 1. The molecule has 3 rings (SSSR count). The molecule has 0 saturated heterocycles. The monoisotopic (exact) mass is 445 g/mol. The molecule has 3 aromatic carbocycles. The molecule has 3 aromatic rings. The average molecular weight is 446 g/mol. The van der Waals surface area contributed by atoms with Gasteiger partial charge in [-0.15, -0.1) is 0 Å². The quantitative estimate of drug-likeness (QED) is 0.514. The number of ether oxygens (including phenoxy) is 1. The van der Waals surface area contributed by atoms with E-state index in [-0.39, 0.29) is 4.90 Å². The molecule has 6 heteroatoms. The summed E-state index contributed by atoms with van der Waals surface area (Å²) in [4.78, 5) is 0.208. The molecule has 4 nitrogen and oxygen atoms in total. The zero-order valence-electron chi connectivity index (χ0n) is 15.1. The number of para-hydroxylation sites is 1. The summed E-state index contributed by atoms with van der Waals surface area (Å²) in [5.41, 5.74) is 2.49. The third kappa shape index (κ3) is 3.87. The standard InChI is InChI=1S/C21H20BrNO3S/c1-3-23(27(24,25)17-13-14-21(26-2)19(22)15-17)20-12-8-7-11-18(20)16-9-5-4-6-10-16/h4-15H,3H2,1-2H3. The first-order chi connectivity index (χ1) is 13.0. The molecular formula is C21H20BrNO3S. The van der Waals surface area contributed by atoms with Gasteiger partial charge in [-0.1, -0.05) is 48.5 Å². The van der Waals surface area contributed by atoms with Gasteiger partial charge in [-0.2, -0.15) is 0 Å². The number of benzene rings is 3. The summed E-state index contributed by atoms with van der Waals surface area (Å²) < 4.78 is 34.0. The highest BCUT2D eigenvalue weighted by molar-refractivity contribution is 9.10. The van der Waals surface area contributed by atoms with Crippen LogP contribution in [-0.4, -0.2) is 22.1 Å². The van der Waals surface area contributed by atoms with E-state index in [1.165, 1.54) is 4.31 Å². The van der Waals surface area contributed by atoms with Gasteiger partial charge in [0.1, 0.15) is 5.75 Å². The molecule has 27 heavy (non-hydrogen) atoms. The zero-order chi connectivity index (χ0) is 19.4. The van der Waals surface area contributed by atoms with Crippen molar-refractivity contribution in [2.75, 3.05) is 18.0 Å². The van der Waals surface area contributed by atoms with Crippen LogP contribution in [0.2, 0.25) is 0 Å². The SMILES string of the molecule is CCN(c1ccccc1-c1ccccc1)S(=O)(=O)c1ccc(OC)c(Br)c1. The molecule has 0 aliphatic carbocycles. The minimum absolute atomic E-state index is 0.208. The van der Waals surface area contributed by atoms with Crippen molar-refractivity contribution in [1.82, 2.24) is 0 Å². The van der Waals surface area contributed by atoms with E-state index in [4.69, 9.17) is 4.74 Å². The van der Waals surface area contributed by atoms with Crippen molar-refractivity contribution >= 4 is 31.6 Å². The van der Waals surface area contributed by atoms with Crippen LogP contribution in [0, 0.1) is 0 Å². The van der Waals surface area contributed by atoms with Crippen molar-refractivity contribution in [1.29, 1.82) is 0 Å². The largest absolute Gasteiger partial charge is 0.496 e. The van der Waals surface area contributed by atoms with E-state index in [9.17, 15) is 8.42 Å². The van der Waals surface area contributed by atoms with Crippen LogP contribution in [0.4, 0.5) is 5.69 Å². The van der Waals surface area contributed by atoms with Gasteiger partial charge in [-0.3, -0.25) is 4.31 Å². The van der Waals surface area contributed by atoms with Gasteiger partial charge in [0, 0.05) is 12.1 Å². The first-order valence-electron chi connectivity index (χ1n) is 8.49. The second kappa shape index (κ2) is 8.15. The van der Waals surface area contributed by atoms with E-state index in [0.717, 1.165) is 11.1 Å². The number of nitrogens with zero attached hydrogens (tertiary/aromatic N) is 1. The molecule has 0 saturated carbocycles. The molecular weight excluding hydrogens is 426 g/mol. The second-order valence-corrected chi connectivity index (χ2v) is 8.57. The van der Waals surface area contributed by atoms with Gasteiger partial charge < -0.3 is 4.74 Å². The summed E-state index contributed by atoms with van der Waals surface area (Å²) in [6.45, 7) is 2.15. The van der Waals surface area contributed by atoms with Crippen molar-refractivity contribution in [3.63, 3.8) is 0 Å². The average Bonchev–Trinajstić information content (AvgIpc) is 2.69. The minimum Gasteiger partial charge on any atom is -0.496 e. The molecule has 0 radical (unpaired) electrons. The van der Waals surface area contributed by atoms with E-state index in [1.807, 2.05) is 61.5 Å². The highest BCUT2D eigenvalue weighted by atomic mass is 79.9. The lowest BCUT2D eigenvalue weighted by atomic mass is 10.0.